The molecule has 1 N–H and O–H groups in total. The van der Waals surface area contributed by atoms with Crippen molar-refractivity contribution in [2.24, 2.45) is 5.92 Å². The van der Waals surface area contributed by atoms with Gasteiger partial charge in [-0.2, -0.15) is 11.8 Å². The number of carbonyl (C=O) groups is 1. The zero-order valence-electron chi connectivity index (χ0n) is 13.9. The lowest BCUT2D eigenvalue weighted by Gasteiger charge is -2.39. The second-order valence-electron chi connectivity index (χ2n) is 6.30. The number of aliphatic hydroxyl groups is 1. The molecule has 1 aliphatic rings. The van der Waals surface area contributed by atoms with E-state index in [9.17, 15) is 9.90 Å². The molecule has 0 aliphatic heterocycles. The highest BCUT2D eigenvalue weighted by molar-refractivity contribution is 7.98. The van der Waals surface area contributed by atoms with Gasteiger partial charge in [-0.25, -0.2) is 0 Å². The van der Waals surface area contributed by atoms with Crippen LogP contribution in [-0.2, 0) is 9.53 Å². The van der Waals surface area contributed by atoms with E-state index in [-0.39, 0.29) is 11.9 Å². The first-order valence-corrected chi connectivity index (χ1v) is 9.39. The summed E-state index contributed by atoms with van der Waals surface area (Å²) in [6.07, 6.45) is 6.12. The van der Waals surface area contributed by atoms with E-state index in [0.717, 1.165) is 25.0 Å². The van der Waals surface area contributed by atoms with E-state index in [0.29, 0.717) is 32.0 Å². The van der Waals surface area contributed by atoms with Gasteiger partial charge in [0.05, 0.1) is 18.1 Å². The van der Waals surface area contributed by atoms with Crippen LogP contribution in [0, 0.1) is 5.92 Å². The van der Waals surface area contributed by atoms with E-state index in [1.807, 2.05) is 18.7 Å². The molecule has 21 heavy (non-hydrogen) atoms. The molecule has 0 heterocycles. The fraction of sp³-hybridized carbons (Fsp3) is 0.938. The molecule has 1 rings (SSSR count). The minimum absolute atomic E-state index is 0.0237. The maximum absolute atomic E-state index is 11.7. The monoisotopic (exact) mass is 317 g/mol. The second kappa shape index (κ2) is 9.01. The van der Waals surface area contributed by atoms with Crippen molar-refractivity contribution in [2.45, 2.75) is 57.6 Å². The van der Waals surface area contributed by atoms with Gasteiger partial charge in [-0.15, -0.1) is 0 Å². The maximum Gasteiger partial charge on any atom is 0.308 e. The van der Waals surface area contributed by atoms with Gasteiger partial charge in [0.15, 0.2) is 0 Å². The summed E-state index contributed by atoms with van der Waals surface area (Å²) >= 11 is 1.86. The van der Waals surface area contributed by atoms with Gasteiger partial charge < -0.3 is 14.7 Å². The Morgan fingerprint density at radius 1 is 1.48 bits per heavy atom. The molecular weight excluding hydrogens is 286 g/mol. The summed E-state index contributed by atoms with van der Waals surface area (Å²) in [6.45, 7) is 5.18. The van der Waals surface area contributed by atoms with Gasteiger partial charge in [0, 0.05) is 12.6 Å². The zero-order valence-corrected chi connectivity index (χ0v) is 14.7. The lowest BCUT2D eigenvalue weighted by Crippen LogP contribution is -2.47. The summed E-state index contributed by atoms with van der Waals surface area (Å²) < 4.78 is 5.08. The molecule has 0 aromatic heterocycles. The first-order chi connectivity index (χ1) is 9.91. The van der Waals surface area contributed by atoms with Crippen molar-refractivity contribution >= 4 is 17.7 Å². The number of thioether (sulfide) groups is 1. The average Bonchev–Trinajstić information content (AvgIpc) is 2.45. The Balaban J connectivity index is 2.41. The largest absolute Gasteiger partial charge is 0.466 e. The Morgan fingerprint density at radius 2 is 2.10 bits per heavy atom. The topological polar surface area (TPSA) is 49.8 Å². The van der Waals surface area contributed by atoms with E-state index in [1.165, 1.54) is 0 Å². The highest BCUT2D eigenvalue weighted by Gasteiger charge is 2.37. The van der Waals surface area contributed by atoms with Crippen molar-refractivity contribution in [3.63, 3.8) is 0 Å². The molecule has 0 aromatic rings. The summed E-state index contributed by atoms with van der Waals surface area (Å²) in [4.78, 5) is 14.0. The summed E-state index contributed by atoms with van der Waals surface area (Å²) in [5, 5.41) is 10.7. The minimum Gasteiger partial charge on any atom is -0.466 e. The summed E-state index contributed by atoms with van der Waals surface area (Å²) in [7, 11) is 2.08. The number of esters is 1. The predicted octanol–water partition coefficient (Wildman–Crippen LogP) is 2.54. The van der Waals surface area contributed by atoms with Crippen molar-refractivity contribution in [1.29, 1.82) is 0 Å². The van der Waals surface area contributed by atoms with Gasteiger partial charge in [-0.05, 0) is 65.0 Å². The van der Waals surface area contributed by atoms with Crippen LogP contribution in [0.4, 0.5) is 0 Å². The second-order valence-corrected chi connectivity index (χ2v) is 7.28. The Kier molecular flexibility index (Phi) is 8.06. The lowest BCUT2D eigenvalue weighted by atomic mass is 9.78. The molecule has 1 unspecified atom stereocenters. The maximum atomic E-state index is 11.7. The van der Waals surface area contributed by atoms with Crippen LogP contribution in [0.25, 0.3) is 0 Å². The minimum atomic E-state index is -0.647. The summed E-state index contributed by atoms with van der Waals surface area (Å²) in [5.74, 6) is 1.03. The number of hydrogen-bond donors (Lipinski definition) is 1. The molecular formula is C16H31NO3S. The third kappa shape index (κ3) is 6.17. The smallest absolute Gasteiger partial charge is 0.308 e. The van der Waals surface area contributed by atoms with Crippen LogP contribution in [0.15, 0.2) is 0 Å². The zero-order chi connectivity index (χ0) is 15.9. The van der Waals surface area contributed by atoms with E-state index in [1.54, 1.807) is 0 Å². The first-order valence-electron chi connectivity index (χ1n) is 8.00. The highest BCUT2D eigenvalue weighted by Crippen LogP contribution is 2.33. The quantitative estimate of drug-likeness (QED) is 0.697. The fourth-order valence-corrected chi connectivity index (χ4v) is 3.51. The molecule has 0 aromatic carbocycles. The van der Waals surface area contributed by atoms with Gasteiger partial charge in [0.1, 0.15) is 0 Å². The highest BCUT2D eigenvalue weighted by atomic mass is 32.2. The van der Waals surface area contributed by atoms with Gasteiger partial charge >= 0.3 is 5.97 Å². The number of hydrogen-bond acceptors (Lipinski definition) is 5. The Morgan fingerprint density at radius 3 is 2.62 bits per heavy atom. The first kappa shape index (κ1) is 18.8. The Hall–Kier alpha value is -0.260. The molecule has 124 valence electrons. The Labute approximate surface area is 133 Å². The molecule has 0 amide bonds. The van der Waals surface area contributed by atoms with Gasteiger partial charge in [-0.1, -0.05) is 0 Å². The van der Waals surface area contributed by atoms with Crippen LogP contribution in [0.5, 0.6) is 0 Å². The molecule has 4 nitrogen and oxygen atoms in total. The summed E-state index contributed by atoms with van der Waals surface area (Å²) in [6, 6.07) is 0.476. The third-order valence-electron chi connectivity index (χ3n) is 4.57. The standard InChI is InChI=1S/C16H31NO3S/c1-5-20-15(18)14-6-9-16(19,10-7-14)12-17(3)13(2)8-11-21-4/h13-14,19H,5-12H2,1-4H3. The molecule has 1 saturated carbocycles. The Bertz CT molecular complexity index is 317. The normalized spacial score (nSPS) is 27.6. The summed E-state index contributed by atoms with van der Waals surface area (Å²) in [5.41, 5.74) is -0.647. The third-order valence-corrected chi connectivity index (χ3v) is 5.22. The van der Waals surface area contributed by atoms with Crippen molar-refractivity contribution in [1.82, 2.24) is 4.90 Å². The predicted molar refractivity (Wildman–Crippen MR) is 88.6 cm³/mol. The van der Waals surface area contributed by atoms with Crippen molar-refractivity contribution in [3.8, 4) is 0 Å². The molecule has 1 atom stereocenters. The van der Waals surface area contributed by atoms with E-state index >= 15 is 0 Å². The van der Waals surface area contributed by atoms with Crippen molar-refractivity contribution < 1.29 is 14.6 Å². The lowest BCUT2D eigenvalue weighted by molar-refractivity contribution is -0.151. The number of rotatable bonds is 8. The van der Waals surface area contributed by atoms with Crippen LogP contribution in [-0.4, -0.2) is 59.8 Å². The number of nitrogens with zero attached hydrogens (tertiary/aromatic N) is 1. The fourth-order valence-electron chi connectivity index (χ4n) is 2.94. The number of likely N-dealkylation sites (N-methyl/N-ethyl adjacent to an activating group) is 1. The van der Waals surface area contributed by atoms with E-state index in [4.69, 9.17) is 4.74 Å². The van der Waals surface area contributed by atoms with Gasteiger partial charge in [0.25, 0.3) is 0 Å². The average molecular weight is 317 g/mol. The van der Waals surface area contributed by atoms with Crippen LogP contribution in [0.1, 0.15) is 46.0 Å². The van der Waals surface area contributed by atoms with Gasteiger partial charge in [-0.3, -0.25) is 4.79 Å². The molecule has 0 spiro atoms. The number of ether oxygens (including phenoxy) is 1. The number of carbonyl (C=O) groups excluding carboxylic acids is 1. The molecule has 0 radical (unpaired) electrons. The van der Waals surface area contributed by atoms with Crippen molar-refractivity contribution in [3.05, 3.63) is 0 Å². The van der Waals surface area contributed by atoms with E-state index in [2.05, 4.69) is 25.1 Å². The molecule has 0 saturated heterocycles. The van der Waals surface area contributed by atoms with Crippen LogP contribution in [0.3, 0.4) is 0 Å². The molecule has 1 aliphatic carbocycles. The SMILES string of the molecule is CCOC(=O)C1CCC(O)(CN(C)C(C)CCSC)CC1. The van der Waals surface area contributed by atoms with Gasteiger partial charge in [0.2, 0.25) is 0 Å². The van der Waals surface area contributed by atoms with Crippen molar-refractivity contribution in [2.75, 3.05) is 32.2 Å². The van der Waals surface area contributed by atoms with Crippen LogP contribution < -0.4 is 0 Å². The van der Waals surface area contributed by atoms with Crippen LogP contribution in [0.2, 0.25) is 0 Å². The molecule has 5 heteroatoms. The van der Waals surface area contributed by atoms with E-state index < -0.39 is 5.60 Å². The molecule has 1 fully saturated rings. The van der Waals surface area contributed by atoms with Crippen LogP contribution >= 0.6 is 11.8 Å². The molecule has 0 bridgehead atoms.